The van der Waals surface area contributed by atoms with Crippen molar-refractivity contribution in [2.24, 2.45) is 0 Å². The summed E-state index contributed by atoms with van der Waals surface area (Å²) in [5.74, 6) is 0.870. The van der Waals surface area contributed by atoms with Crippen LogP contribution in [0.2, 0.25) is 5.15 Å². The summed E-state index contributed by atoms with van der Waals surface area (Å²) in [6.45, 7) is 11.2. The Morgan fingerprint density at radius 1 is 1.30 bits per heavy atom. The first-order valence-electron chi connectivity index (χ1n) is 6.98. The van der Waals surface area contributed by atoms with E-state index in [0.29, 0.717) is 24.1 Å². The molecule has 0 saturated heterocycles. The fourth-order valence-electron chi connectivity index (χ4n) is 2.08. The summed E-state index contributed by atoms with van der Waals surface area (Å²) in [6, 6.07) is -0.349. The number of anilines is 1. The van der Waals surface area contributed by atoms with Gasteiger partial charge in [0.05, 0.1) is 0 Å². The number of carbonyl (C=O) groups excluding carboxylic acids is 1. The third-order valence-corrected chi connectivity index (χ3v) is 3.51. The summed E-state index contributed by atoms with van der Waals surface area (Å²) in [5, 5.41) is 3.59. The molecule has 1 heterocycles. The lowest BCUT2D eigenvalue weighted by atomic mass is 10.1. The maximum absolute atomic E-state index is 12.3. The van der Waals surface area contributed by atoms with E-state index in [2.05, 4.69) is 15.3 Å². The van der Waals surface area contributed by atoms with Crippen molar-refractivity contribution in [3.05, 3.63) is 17.0 Å². The number of hydrogen-bond donors (Lipinski definition) is 1. The van der Waals surface area contributed by atoms with Gasteiger partial charge in [0.2, 0.25) is 5.91 Å². The smallest absolute Gasteiger partial charge is 0.244 e. The van der Waals surface area contributed by atoms with Crippen molar-refractivity contribution in [1.29, 1.82) is 0 Å². The van der Waals surface area contributed by atoms with Crippen LogP contribution in [0.1, 0.15) is 46.1 Å². The Morgan fingerprint density at radius 3 is 2.40 bits per heavy atom. The number of rotatable bonds is 6. The first-order valence-corrected chi connectivity index (χ1v) is 7.35. The zero-order valence-electron chi connectivity index (χ0n) is 12.8. The minimum absolute atomic E-state index is 0.0550. The van der Waals surface area contributed by atoms with Gasteiger partial charge in [-0.1, -0.05) is 25.4 Å². The summed E-state index contributed by atoms with van der Waals surface area (Å²) in [4.78, 5) is 22.3. The van der Waals surface area contributed by atoms with Crippen molar-refractivity contribution in [1.82, 2.24) is 14.9 Å². The molecule has 20 heavy (non-hydrogen) atoms. The number of likely N-dealkylation sites (N-methyl/N-ethyl adjacent to an activating group) is 1. The van der Waals surface area contributed by atoms with E-state index in [1.807, 2.05) is 34.6 Å². The van der Waals surface area contributed by atoms with Gasteiger partial charge in [0.25, 0.3) is 0 Å². The van der Waals surface area contributed by atoms with E-state index in [0.717, 1.165) is 5.56 Å². The number of halogens is 1. The molecule has 0 saturated carbocycles. The number of hydrogen-bond acceptors (Lipinski definition) is 4. The molecule has 0 aromatic carbocycles. The van der Waals surface area contributed by atoms with Crippen LogP contribution in [-0.4, -0.2) is 39.9 Å². The average Bonchev–Trinajstić information content (AvgIpc) is 2.39. The largest absolute Gasteiger partial charge is 0.358 e. The van der Waals surface area contributed by atoms with Gasteiger partial charge in [-0.05, 0) is 26.7 Å². The number of amides is 1. The van der Waals surface area contributed by atoms with Crippen LogP contribution in [-0.2, 0) is 4.79 Å². The molecule has 0 radical (unpaired) electrons. The number of carbonyl (C=O) groups is 1. The van der Waals surface area contributed by atoms with Crippen molar-refractivity contribution < 1.29 is 4.79 Å². The van der Waals surface area contributed by atoms with Crippen LogP contribution < -0.4 is 5.32 Å². The number of aromatic nitrogens is 2. The molecular formula is C14H23ClN4O. The Morgan fingerprint density at radius 2 is 1.90 bits per heavy atom. The molecule has 0 bridgehead atoms. The Labute approximate surface area is 125 Å². The van der Waals surface area contributed by atoms with Crippen LogP contribution in [0.3, 0.4) is 0 Å². The van der Waals surface area contributed by atoms with Gasteiger partial charge in [-0.25, -0.2) is 9.97 Å². The monoisotopic (exact) mass is 298 g/mol. The molecule has 1 atom stereocenters. The molecule has 1 rings (SSSR count). The third kappa shape index (κ3) is 3.82. The second kappa shape index (κ2) is 7.43. The van der Waals surface area contributed by atoms with E-state index >= 15 is 0 Å². The number of nitrogens with zero attached hydrogens (tertiary/aromatic N) is 3. The van der Waals surface area contributed by atoms with Crippen molar-refractivity contribution in [2.45, 2.75) is 46.6 Å². The molecule has 0 spiro atoms. The quantitative estimate of drug-likeness (QED) is 0.820. The van der Waals surface area contributed by atoms with Crippen LogP contribution in [0, 0.1) is 0 Å². The summed E-state index contributed by atoms with van der Waals surface area (Å²) in [6.07, 6.45) is 1.41. The van der Waals surface area contributed by atoms with Gasteiger partial charge < -0.3 is 10.2 Å². The van der Waals surface area contributed by atoms with Crippen molar-refractivity contribution in [2.75, 3.05) is 18.4 Å². The molecular weight excluding hydrogens is 276 g/mol. The highest BCUT2D eigenvalue weighted by Gasteiger charge is 2.21. The van der Waals surface area contributed by atoms with Crippen LogP contribution >= 0.6 is 11.6 Å². The lowest BCUT2D eigenvalue weighted by Crippen LogP contribution is -2.41. The van der Waals surface area contributed by atoms with E-state index in [1.165, 1.54) is 6.33 Å². The maximum Gasteiger partial charge on any atom is 0.244 e. The molecule has 0 aliphatic carbocycles. The molecule has 5 nitrogen and oxygen atoms in total. The topological polar surface area (TPSA) is 58.1 Å². The normalized spacial score (nSPS) is 12.3. The van der Waals surface area contributed by atoms with Crippen molar-refractivity contribution in [3.63, 3.8) is 0 Å². The highest BCUT2D eigenvalue weighted by molar-refractivity contribution is 6.30. The Bertz CT molecular complexity index is 460. The minimum atomic E-state index is -0.349. The average molecular weight is 299 g/mol. The van der Waals surface area contributed by atoms with E-state index in [-0.39, 0.29) is 17.9 Å². The molecule has 1 N–H and O–H groups in total. The molecule has 1 amide bonds. The minimum Gasteiger partial charge on any atom is -0.358 e. The van der Waals surface area contributed by atoms with E-state index in [1.54, 1.807) is 4.90 Å². The van der Waals surface area contributed by atoms with E-state index < -0.39 is 0 Å². The zero-order chi connectivity index (χ0) is 15.3. The van der Waals surface area contributed by atoms with Gasteiger partial charge in [-0.15, -0.1) is 0 Å². The maximum atomic E-state index is 12.3. The summed E-state index contributed by atoms with van der Waals surface area (Å²) in [5.41, 5.74) is 0.841. The standard InChI is InChI=1S/C14H23ClN4O/c1-6-19(7-2)14(20)10(5)18-13-11(9(3)4)12(15)16-8-17-13/h8-10H,6-7H2,1-5H3,(H,16,17,18). The van der Waals surface area contributed by atoms with Gasteiger partial charge in [-0.3, -0.25) is 4.79 Å². The number of nitrogens with one attached hydrogen (secondary N) is 1. The molecule has 0 aliphatic rings. The lowest BCUT2D eigenvalue weighted by Gasteiger charge is -2.25. The molecule has 0 fully saturated rings. The summed E-state index contributed by atoms with van der Waals surface area (Å²) in [7, 11) is 0. The molecule has 1 unspecified atom stereocenters. The highest BCUT2D eigenvalue weighted by Crippen LogP contribution is 2.28. The van der Waals surface area contributed by atoms with Crippen LogP contribution in [0.5, 0.6) is 0 Å². The van der Waals surface area contributed by atoms with Gasteiger partial charge in [0, 0.05) is 18.7 Å². The Balaban J connectivity index is 2.93. The molecule has 0 aliphatic heterocycles. The molecule has 112 valence electrons. The molecule has 6 heteroatoms. The van der Waals surface area contributed by atoms with E-state index in [4.69, 9.17) is 11.6 Å². The van der Waals surface area contributed by atoms with Gasteiger partial charge in [0.15, 0.2) is 0 Å². The first kappa shape index (κ1) is 16.7. The van der Waals surface area contributed by atoms with Crippen molar-refractivity contribution >= 4 is 23.3 Å². The van der Waals surface area contributed by atoms with Crippen LogP contribution in [0.15, 0.2) is 6.33 Å². The van der Waals surface area contributed by atoms with Crippen LogP contribution in [0.25, 0.3) is 0 Å². The zero-order valence-corrected chi connectivity index (χ0v) is 13.5. The summed E-state index contributed by atoms with van der Waals surface area (Å²) < 4.78 is 0. The molecule has 1 aromatic heterocycles. The van der Waals surface area contributed by atoms with Gasteiger partial charge >= 0.3 is 0 Å². The highest BCUT2D eigenvalue weighted by atomic mass is 35.5. The summed E-state index contributed by atoms with van der Waals surface area (Å²) >= 11 is 6.12. The van der Waals surface area contributed by atoms with Gasteiger partial charge in [-0.2, -0.15) is 0 Å². The molecule has 1 aromatic rings. The van der Waals surface area contributed by atoms with Gasteiger partial charge in [0.1, 0.15) is 23.3 Å². The first-order chi connectivity index (χ1) is 9.42. The third-order valence-electron chi connectivity index (χ3n) is 3.21. The fourth-order valence-corrected chi connectivity index (χ4v) is 2.43. The second-order valence-corrected chi connectivity index (χ2v) is 5.32. The fraction of sp³-hybridized carbons (Fsp3) is 0.643. The SMILES string of the molecule is CCN(CC)C(=O)C(C)Nc1ncnc(Cl)c1C(C)C. The van der Waals surface area contributed by atoms with E-state index in [9.17, 15) is 4.79 Å². The predicted molar refractivity (Wildman–Crippen MR) is 82.1 cm³/mol. The van der Waals surface area contributed by atoms with Crippen LogP contribution in [0.4, 0.5) is 5.82 Å². The second-order valence-electron chi connectivity index (χ2n) is 4.96. The van der Waals surface area contributed by atoms with Crippen molar-refractivity contribution in [3.8, 4) is 0 Å². The predicted octanol–water partition coefficient (Wildman–Crippen LogP) is 2.92. The Kier molecular flexibility index (Phi) is 6.20. The lowest BCUT2D eigenvalue weighted by molar-refractivity contribution is -0.131. The Hall–Kier alpha value is -1.36.